The van der Waals surface area contributed by atoms with Crippen molar-refractivity contribution in [3.8, 4) is 11.5 Å². The van der Waals surface area contributed by atoms with Gasteiger partial charge >= 0.3 is 0 Å². The summed E-state index contributed by atoms with van der Waals surface area (Å²) in [7, 11) is 0. The third kappa shape index (κ3) is 5.53. The molecule has 0 aliphatic rings. The zero-order valence-electron chi connectivity index (χ0n) is 14.8. The van der Waals surface area contributed by atoms with Crippen molar-refractivity contribution in [3.63, 3.8) is 0 Å². The van der Waals surface area contributed by atoms with Crippen LogP contribution in [0, 0.1) is 10.1 Å². The van der Waals surface area contributed by atoms with E-state index in [0.717, 1.165) is 5.69 Å². The van der Waals surface area contributed by atoms with Crippen LogP contribution in [0.2, 0.25) is 0 Å². The lowest BCUT2D eigenvalue weighted by Crippen LogP contribution is -2.20. The number of hydrogen-bond acceptors (Lipinski definition) is 6. The highest BCUT2D eigenvalue weighted by molar-refractivity contribution is 5.92. The molecule has 1 N–H and O–H groups in total. The lowest BCUT2D eigenvalue weighted by Gasteiger charge is -2.10. The Kier molecular flexibility index (Phi) is 6.14. The molecule has 3 aromatic rings. The van der Waals surface area contributed by atoms with E-state index >= 15 is 0 Å². The fraction of sp³-hybridized carbons (Fsp3) is 0.100. The van der Waals surface area contributed by atoms with Gasteiger partial charge in [0.25, 0.3) is 11.6 Å². The molecule has 2 aromatic carbocycles. The van der Waals surface area contributed by atoms with Gasteiger partial charge in [0.1, 0.15) is 18.1 Å². The Labute approximate surface area is 160 Å². The van der Waals surface area contributed by atoms with Crippen LogP contribution in [0.3, 0.4) is 0 Å². The number of benzene rings is 2. The largest absolute Gasteiger partial charge is 0.487 e. The average molecular weight is 379 g/mol. The molecule has 28 heavy (non-hydrogen) atoms. The first-order chi connectivity index (χ1) is 13.6. The quantitative estimate of drug-likeness (QED) is 0.474. The zero-order valence-corrected chi connectivity index (χ0v) is 14.8. The summed E-state index contributed by atoms with van der Waals surface area (Å²) in [6, 6.07) is 18.1. The lowest BCUT2D eigenvalue weighted by molar-refractivity contribution is -0.384. The zero-order chi connectivity index (χ0) is 19.8. The van der Waals surface area contributed by atoms with Gasteiger partial charge in [0.15, 0.2) is 6.61 Å². The molecule has 8 nitrogen and oxygen atoms in total. The molecule has 0 aliphatic carbocycles. The molecular weight excluding hydrogens is 362 g/mol. The van der Waals surface area contributed by atoms with Crippen LogP contribution in [-0.4, -0.2) is 22.4 Å². The first-order valence-corrected chi connectivity index (χ1v) is 8.40. The van der Waals surface area contributed by atoms with Gasteiger partial charge in [-0.2, -0.15) is 0 Å². The van der Waals surface area contributed by atoms with Crippen molar-refractivity contribution in [3.05, 3.63) is 88.7 Å². The van der Waals surface area contributed by atoms with Gasteiger partial charge in [-0.1, -0.05) is 12.1 Å². The predicted octanol–water partition coefficient (Wildman–Crippen LogP) is 3.59. The number of ether oxygens (including phenoxy) is 2. The second kappa shape index (κ2) is 9.13. The molecule has 1 heterocycles. The highest BCUT2D eigenvalue weighted by Gasteiger charge is 2.07. The Morgan fingerprint density at radius 1 is 1.00 bits per heavy atom. The lowest BCUT2D eigenvalue weighted by atomic mass is 10.3. The number of anilines is 1. The fourth-order valence-corrected chi connectivity index (χ4v) is 2.31. The molecule has 8 heteroatoms. The van der Waals surface area contributed by atoms with Gasteiger partial charge in [0, 0.05) is 30.1 Å². The smallest absolute Gasteiger partial charge is 0.269 e. The van der Waals surface area contributed by atoms with Crippen molar-refractivity contribution < 1.29 is 19.2 Å². The molecule has 3 rings (SSSR count). The molecular formula is C20H17N3O5. The number of carbonyl (C=O) groups excluding carboxylic acids is 1. The van der Waals surface area contributed by atoms with Crippen molar-refractivity contribution >= 4 is 17.3 Å². The average Bonchev–Trinajstić information content (AvgIpc) is 2.72. The number of rotatable bonds is 8. The summed E-state index contributed by atoms with van der Waals surface area (Å²) in [5, 5.41) is 13.3. The maximum absolute atomic E-state index is 12.1. The molecule has 0 spiro atoms. The summed E-state index contributed by atoms with van der Waals surface area (Å²) in [5.74, 6) is 0.605. The second-order valence-electron chi connectivity index (χ2n) is 5.73. The van der Waals surface area contributed by atoms with Gasteiger partial charge in [-0.3, -0.25) is 19.9 Å². The summed E-state index contributed by atoms with van der Waals surface area (Å²) < 4.78 is 11.0. The van der Waals surface area contributed by atoms with Gasteiger partial charge in [0.05, 0.1) is 10.6 Å². The van der Waals surface area contributed by atoms with Crippen molar-refractivity contribution in [1.82, 2.24) is 4.98 Å². The number of nitrogens with zero attached hydrogens (tertiary/aromatic N) is 2. The van der Waals surface area contributed by atoms with Crippen LogP contribution in [0.1, 0.15) is 5.69 Å². The highest BCUT2D eigenvalue weighted by atomic mass is 16.6. The minimum absolute atomic E-state index is 0.0423. The predicted molar refractivity (Wildman–Crippen MR) is 102 cm³/mol. The topological polar surface area (TPSA) is 104 Å². The molecule has 0 saturated heterocycles. The molecule has 0 bridgehead atoms. The molecule has 0 radical (unpaired) electrons. The van der Waals surface area contributed by atoms with Crippen molar-refractivity contribution in [2.75, 3.05) is 11.9 Å². The molecule has 142 valence electrons. The monoisotopic (exact) mass is 379 g/mol. The molecule has 0 fully saturated rings. The van der Waals surface area contributed by atoms with Crippen LogP contribution < -0.4 is 14.8 Å². The Morgan fingerprint density at radius 2 is 1.82 bits per heavy atom. The number of nitro benzene ring substituents is 1. The summed E-state index contributed by atoms with van der Waals surface area (Å²) in [5.41, 5.74) is 1.32. The minimum Gasteiger partial charge on any atom is -0.487 e. The van der Waals surface area contributed by atoms with E-state index in [0.29, 0.717) is 23.8 Å². The number of nitrogens with one attached hydrogen (secondary N) is 1. The van der Waals surface area contributed by atoms with Gasteiger partial charge in [-0.05, 0) is 36.4 Å². The number of non-ortho nitro benzene ring substituents is 1. The van der Waals surface area contributed by atoms with Crippen LogP contribution in [0.25, 0.3) is 0 Å². The van der Waals surface area contributed by atoms with Gasteiger partial charge in [0.2, 0.25) is 0 Å². The molecule has 0 saturated carbocycles. The number of amides is 1. The number of hydrogen-bond donors (Lipinski definition) is 1. The molecule has 1 aromatic heterocycles. The van der Waals surface area contributed by atoms with E-state index < -0.39 is 4.92 Å². The van der Waals surface area contributed by atoms with Gasteiger partial charge < -0.3 is 14.8 Å². The Hall–Kier alpha value is -3.94. The number of nitro groups is 1. The third-order valence-corrected chi connectivity index (χ3v) is 3.65. The van der Waals surface area contributed by atoms with Crippen molar-refractivity contribution in [2.45, 2.75) is 6.61 Å². The van der Waals surface area contributed by atoms with Crippen LogP contribution in [0.5, 0.6) is 11.5 Å². The molecule has 0 aliphatic heterocycles. The van der Waals surface area contributed by atoms with Crippen LogP contribution in [-0.2, 0) is 11.4 Å². The minimum atomic E-state index is -0.501. The molecule has 0 unspecified atom stereocenters. The van der Waals surface area contributed by atoms with E-state index in [9.17, 15) is 14.9 Å². The molecule has 1 amide bonds. The standard InChI is InChI=1S/C20H17N3O5/c24-20(14-28-18-9-7-17(8-10-18)23(25)26)22-15-5-3-6-19(12-15)27-13-16-4-1-2-11-21-16/h1-12H,13-14H2,(H,22,24). The van der Waals surface area contributed by atoms with E-state index in [1.165, 1.54) is 24.3 Å². The van der Waals surface area contributed by atoms with E-state index in [4.69, 9.17) is 9.47 Å². The number of aromatic nitrogens is 1. The first kappa shape index (κ1) is 18.8. The van der Waals surface area contributed by atoms with Crippen LogP contribution in [0.15, 0.2) is 72.9 Å². The summed E-state index contributed by atoms with van der Waals surface area (Å²) >= 11 is 0. The number of pyridine rings is 1. The third-order valence-electron chi connectivity index (χ3n) is 3.65. The van der Waals surface area contributed by atoms with Crippen molar-refractivity contribution in [1.29, 1.82) is 0 Å². The van der Waals surface area contributed by atoms with E-state index in [1.54, 1.807) is 30.5 Å². The Balaban J connectivity index is 1.50. The van der Waals surface area contributed by atoms with Crippen LogP contribution in [0.4, 0.5) is 11.4 Å². The highest BCUT2D eigenvalue weighted by Crippen LogP contribution is 2.19. The van der Waals surface area contributed by atoms with Gasteiger partial charge in [-0.25, -0.2) is 0 Å². The number of carbonyl (C=O) groups is 1. The Morgan fingerprint density at radius 3 is 2.54 bits per heavy atom. The van der Waals surface area contributed by atoms with Gasteiger partial charge in [-0.15, -0.1) is 0 Å². The fourth-order valence-electron chi connectivity index (χ4n) is 2.31. The van der Waals surface area contributed by atoms with Crippen molar-refractivity contribution in [2.24, 2.45) is 0 Å². The normalized spacial score (nSPS) is 10.1. The molecule has 0 atom stereocenters. The van der Waals surface area contributed by atoms with E-state index in [-0.39, 0.29) is 18.2 Å². The SMILES string of the molecule is O=C(COc1ccc([N+](=O)[O-])cc1)Nc1cccc(OCc2ccccn2)c1. The summed E-state index contributed by atoms with van der Waals surface area (Å²) in [6.45, 7) is 0.0956. The van der Waals surface area contributed by atoms with Crippen LogP contribution >= 0.6 is 0 Å². The maximum atomic E-state index is 12.1. The second-order valence-corrected chi connectivity index (χ2v) is 5.73. The Bertz CT molecular complexity index is 946. The van der Waals surface area contributed by atoms with E-state index in [2.05, 4.69) is 10.3 Å². The summed E-state index contributed by atoms with van der Waals surface area (Å²) in [4.78, 5) is 26.4. The van der Waals surface area contributed by atoms with E-state index in [1.807, 2.05) is 18.2 Å². The first-order valence-electron chi connectivity index (χ1n) is 8.40. The maximum Gasteiger partial charge on any atom is 0.269 e. The summed E-state index contributed by atoms with van der Waals surface area (Å²) in [6.07, 6.45) is 1.69.